The van der Waals surface area contributed by atoms with Crippen LogP contribution in [0.15, 0.2) is 42.5 Å². The number of rotatable bonds is 3. The predicted molar refractivity (Wildman–Crippen MR) is 100 cm³/mol. The van der Waals surface area contributed by atoms with E-state index in [0.29, 0.717) is 5.56 Å². The number of para-hydroxylation sites is 1. The third-order valence-corrected chi connectivity index (χ3v) is 5.30. The molecule has 0 radical (unpaired) electrons. The van der Waals surface area contributed by atoms with Crippen LogP contribution in [-0.2, 0) is 19.4 Å². The van der Waals surface area contributed by atoms with Crippen LogP contribution in [0.1, 0.15) is 52.0 Å². The van der Waals surface area contributed by atoms with Crippen LogP contribution in [0.3, 0.4) is 0 Å². The number of carbonyl (C=O) groups is 1. The molecular weight excluding hydrogens is 310 g/mol. The first kappa shape index (κ1) is 15.9. The van der Waals surface area contributed by atoms with Gasteiger partial charge in [-0.2, -0.15) is 0 Å². The van der Waals surface area contributed by atoms with E-state index in [1.54, 1.807) is 6.07 Å². The van der Waals surface area contributed by atoms with E-state index in [-0.39, 0.29) is 0 Å². The molecule has 0 saturated carbocycles. The molecule has 0 aliphatic heterocycles. The average Bonchev–Trinajstić information content (AvgIpc) is 2.75. The second-order valence-electron chi connectivity index (χ2n) is 7.07. The van der Waals surface area contributed by atoms with Gasteiger partial charge in [0.2, 0.25) is 0 Å². The van der Waals surface area contributed by atoms with E-state index in [2.05, 4.69) is 41.8 Å². The zero-order valence-electron chi connectivity index (χ0n) is 14.6. The Kier molecular flexibility index (Phi) is 4.08. The summed E-state index contributed by atoms with van der Waals surface area (Å²) < 4.78 is 2.27. The van der Waals surface area contributed by atoms with Crippen molar-refractivity contribution >= 4 is 16.9 Å². The monoisotopic (exact) mass is 333 g/mol. The van der Waals surface area contributed by atoms with Gasteiger partial charge in [-0.05, 0) is 49.8 Å². The van der Waals surface area contributed by atoms with Gasteiger partial charge in [0.05, 0.1) is 11.1 Å². The number of carboxylic acids is 1. The summed E-state index contributed by atoms with van der Waals surface area (Å²) in [7, 11) is 0. The molecule has 1 heterocycles. The average molecular weight is 333 g/mol. The van der Waals surface area contributed by atoms with Gasteiger partial charge in [0.25, 0.3) is 0 Å². The fourth-order valence-electron chi connectivity index (χ4n) is 4.21. The Bertz CT molecular complexity index is 952. The molecule has 1 N–H and O–H groups in total. The molecule has 128 valence electrons. The van der Waals surface area contributed by atoms with Crippen molar-refractivity contribution in [3.8, 4) is 0 Å². The van der Waals surface area contributed by atoms with E-state index < -0.39 is 5.97 Å². The molecule has 1 aliphatic carbocycles. The summed E-state index contributed by atoms with van der Waals surface area (Å²) >= 11 is 0. The van der Waals surface area contributed by atoms with Crippen LogP contribution in [-0.4, -0.2) is 15.6 Å². The third-order valence-electron chi connectivity index (χ3n) is 5.30. The van der Waals surface area contributed by atoms with Crippen molar-refractivity contribution < 1.29 is 9.90 Å². The Morgan fingerprint density at radius 1 is 1.08 bits per heavy atom. The van der Waals surface area contributed by atoms with Gasteiger partial charge < -0.3 is 9.67 Å². The van der Waals surface area contributed by atoms with Gasteiger partial charge in [-0.3, -0.25) is 0 Å². The topological polar surface area (TPSA) is 42.2 Å². The quantitative estimate of drug-likeness (QED) is 0.688. The minimum Gasteiger partial charge on any atom is -0.478 e. The maximum Gasteiger partial charge on any atom is 0.337 e. The number of aryl methyl sites for hydroxylation is 2. The van der Waals surface area contributed by atoms with Crippen molar-refractivity contribution in [3.05, 3.63) is 70.4 Å². The van der Waals surface area contributed by atoms with E-state index in [0.717, 1.165) is 30.3 Å². The van der Waals surface area contributed by atoms with E-state index in [9.17, 15) is 9.90 Å². The van der Waals surface area contributed by atoms with Gasteiger partial charge in [0, 0.05) is 17.6 Å². The highest BCUT2D eigenvalue weighted by Gasteiger charge is 2.22. The molecule has 0 bridgehead atoms. The SMILES string of the molecule is Cc1cccc(Cn2c3c(c4cccc(C(=O)O)c42)CCCCC3)c1. The van der Waals surface area contributed by atoms with Crippen molar-refractivity contribution in [1.29, 1.82) is 0 Å². The van der Waals surface area contributed by atoms with Crippen molar-refractivity contribution in [1.82, 2.24) is 4.57 Å². The first-order valence-electron chi connectivity index (χ1n) is 9.07. The second kappa shape index (κ2) is 6.40. The minimum absolute atomic E-state index is 0.415. The van der Waals surface area contributed by atoms with Crippen molar-refractivity contribution in [2.45, 2.75) is 45.6 Å². The Morgan fingerprint density at radius 2 is 1.88 bits per heavy atom. The highest BCUT2D eigenvalue weighted by atomic mass is 16.4. The van der Waals surface area contributed by atoms with Crippen LogP contribution in [0.25, 0.3) is 10.9 Å². The second-order valence-corrected chi connectivity index (χ2v) is 7.07. The van der Waals surface area contributed by atoms with Crippen LogP contribution in [0.4, 0.5) is 0 Å². The van der Waals surface area contributed by atoms with Crippen LogP contribution in [0.2, 0.25) is 0 Å². The molecule has 3 aromatic rings. The first-order valence-corrected chi connectivity index (χ1v) is 9.07. The van der Waals surface area contributed by atoms with Gasteiger partial charge in [-0.15, -0.1) is 0 Å². The Balaban J connectivity index is 1.97. The number of fused-ring (bicyclic) bond motifs is 3. The molecule has 1 aliphatic rings. The van der Waals surface area contributed by atoms with Crippen LogP contribution in [0.5, 0.6) is 0 Å². The molecule has 3 heteroatoms. The number of carboxylic acid groups (broad SMARTS) is 1. The molecule has 25 heavy (non-hydrogen) atoms. The van der Waals surface area contributed by atoms with Gasteiger partial charge in [0.15, 0.2) is 0 Å². The maximum atomic E-state index is 11.8. The lowest BCUT2D eigenvalue weighted by Gasteiger charge is -2.13. The van der Waals surface area contributed by atoms with Crippen molar-refractivity contribution in [2.24, 2.45) is 0 Å². The summed E-state index contributed by atoms with van der Waals surface area (Å²) in [5, 5.41) is 10.9. The molecule has 0 saturated heterocycles. The Labute approximate surface area is 147 Å². The van der Waals surface area contributed by atoms with Crippen molar-refractivity contribution in [3.63, 3.8) is 0 Å². The van der Waals surface area contributed by atoms with Crippen LogP contribution < -0.4 is 0 Å². The highest BCUT2D eigenvalue weighted by molar-refractivity contribution is 6.04. The van der Waals surface area contributed by atoms with E-state index in [4.69, 9.17) is 0 Å². The fraction of sp³-hybridized carbons (Fsp3) is 0.318. The summed E-state index contributed by atoms with van der Waals surface area (Å²) in [5.74, 6) is -0.844. The standard InChI is InChI=1S/C22H23NO2/c1-15-7-5-8-16(13-15)14-23-20-12-4-2-3-9-17(20)18-10-6-11-19(21(18)23)22(24)25/h5-8,10-11,13H,2-4,9,12,14H2,1H3,(H,24,25). The number of aromatic carboxylic acids is 1. The van der Waals surface area contributed by atoms with E-state index >= 15 is 0 Å². The first-order chi connectivity index (χ1) is 12.1. The molecule has 0 atom stereocenters. The summed E-state index contributed by atoms with van der Waals surface area (Å²) in [6.07, 6.45) is 5.71. The van der Waals surface area contributed by atoms with E-state index in [1.807, 2.05) is 6.07 Å². The molecule has 1 aromatic heterocycles. The lowest BCUT2D eigenvalue weighted by molar-refractivity contribution is 0.0698. The molecule has 0 spiro atoms. The molecule has 0 amide bonds. The highest BCUT2D eigenvalue weighted by Crippen LogP contribution is 2.34. The smallest absolute Gasteiger partial charge is 0.337 e. The molecule has 0 unspecified atom stereocenters. The zero-order valence-corrected chi connectivity index (χ0v) is 14.6. The number of hydrogen-bond donors (Lipinski definition) is 1. The lowest BCUT2D eigenvalue weighted by Crippen LogP contribution is -2.08. The molecule has 4 rings (SSSR count). The fourth-order valence-corrected chi connectivity index (χ4v) is 4.21. The molecule has 0 fully saturated rings. The normalized spacial score (nSPS) is 14.3. The van der Waals surface area contributed by atoms with Crippen LogP contribution >= 0.6 is 0 Å². The lowest BCUT2D eigenvalue weighted by atomic mass is 10.0. The van der Waals surface area contributed by atoms with E-state index in [1.165, 1.54) is 41.6 Å². The third kappa shape index (κ3) is 2.84. The summed E-state index contributed by atoms with van der Waals surface area (Å²) in [4.78, 5) is 11.8. The van der Waals surface area contributed by atoms with Crippen LogP contribution in [0, 0.1) is 6.92 Å². The number of hydrogen-bond acceptors (Lipinski definition) is 1. The van der Waals surface area contributed by atoms with Crippen molar-refractivity contribution in [2.75, 3.05) is 0 Å². The van der Waals surface area contributed by atoms with Gasteiger partial charge in [0.1, 0.15) is 0 Å². The Hall–Kier alpha value is -2.55. The predicted octanol–water partition coefficient (Wildman–Crippen LogP) is 4.97. The van der Waals surface area contributed by atoms with Gasteiger partial charge in [-0.1, -0.05) is 48.4 Å². The maximum absolute atomic E-state index is 11.8. The minimum atomic E-state index is -0.844. The molecule has 2 aromatic carbocycles. The zero-order chi connectivity index (χ0) is 17.4. The summed E-state index contributed by atoms with van der Waals surface area (Å²) in [5.41, 5.74) is 6.47. The number of aromatic nitrogens is 1. The van der Waals surface area contributed by atoms with Gasteiger partial charge >= 0.3 is 5.97 Å². The largest absolute Gasteiger partial charge is 0.478 e. The summed E-state index contributed by atoms with van der Waals surface area (Å²) in [6, 6.07) is 14.2. The summed E-state index contributed by atoms with van der Waals surface area (Å²) in [6.45, 7) is 2.83. The number of benzene rings is 2. The Morgan fingerprint density at radius 3 is 2.68 bits per heavy atom. The number of nitrogens with zero attached hydrogens (tertiary/aromatic N) is 1. The van der Waals surface area contributed by atoms with Gasteiger partial charge in [-0.25, -0.2) is 4.79 Å². The molecular formula is C22H23NO2. The molecule has 3 nitrogen and oxygen atoms in total.